The van der Waals surface area contributed by atoms with Gasteiger partial charge >= 0.3 is 0 Å². The molecule has 0 aliphatic heterocycles. The summed E-state index contributed by atoms with van der Waals surface area (Å²) in [6.07, 6.45) is 3.78. The smallest absolute Gasteiger partial charge is 0.213 e. The first kappa shape index (κ1) is 10.6. The third-order valence-corrected chi connectivity index (χ3v) is 2.76. The zero-order valence-corrected chi connectivity index (χ0v) is 8.29. The van der Waals surface area contributed by atoms with Crippen LogP contribution < -0.4 is 0 Å². The summed E-state index contributed by atoms with van der Waals surface area (Å²) in [7, 11) is 0. The largest absolute Gasteiger partial charge is 0.287 e. The molecule has 0 aromatic rings. The van der Waals surface area contributed by atoms with Gasteiger partial charge in [0.15, 0.2) is 11.1 Å². The predicted octanol–water partition coefficient (Wildman–Crippen LogP) is 0.884. The van der Waals surface area contributed by atoms with Gasteiger partial charge < -0.3 is 0 Å². The fourth-order valence-electron chi connectivity index (χ4n) is 1.54. The second-order valence-electron chi connectivity index (χ2n) is 3.21. The predicted molar refractivity (Wildman–Crippen MR) is 48.2 cm³/mol. The van der Waals surface area contributed by atoms with Crippen molar-refractivity contribution < 1.29 is 13.3 Å². The Labute approximate surface area is 79.3 Å². The van der Waals surface area contributed by atoms with Gasteiger partial charge in [-0.05, 0) is 12.8 Å². The molecule has 0 aromatic heterocycles. The van der Waals surface area contributed by atoms with Gasteiger partial charge in [-0.2, -0.15) is 0 Å². The van der Waals surface area contributed by atoms with E-state index in [1.807, 2.05) is 0 Å². The molecule has 1 rings (SSSR count). The molecule has 0 amide bonds. The Balaban J connectivity index is 2.30. The van der Waals surface area contributed by atoms with Crippen LogP contribution in [0, 0.1) is 10.1 Å². The first-order valence-electron chi connectivity index (χ1n) is 4.23. The lowest BCUT2D eigenvalue weighted by Crippen LogP contribution is -2.29. The second-order valence-corrected chi connectivity index (χ2v) is 4.21. The van der Waals surface area contributed by atoms with Gasteiger partial charge in [0, 0.05) is 24.0 Å². The summed E-state index contributed by atoms with van der Waals surface area (Å²) in [5, 5.41) is 10.4. The lowest BCUT2D eigenvalue weighted by atomic mass is 9.94. The van der Waals surface area contributed by atoms with Crippen LogP contribution in [0.5, 0.6) is 0 Å². The van der Waals surface area contributed by atoms with Crippen molar-refractivity contribution in [1.82, 2.24) is 0 Å². The minimum Gasteiger partial charge on any atom is -0.287 e. The van der Waals surface area contributed by atoms with E-state index >= 15 is 0 Å². The first-order valence-corrected chi connectivity index (χ1v) is 5.72. The van der Waals surface area contributed by atoms with Crippen LogP contribution in [0.25, 0.3) is 0 Å². The molecule has 76 valence electrons. The van der Waals surface area contributed by atoms with Gasteiger partial charge in [-0.1, -0.05) is 0 Å². The van der Waals surface area contributed by atoms with Crippen molar-refractivity contribution >= 4 is 11.1 Å². The molecular formula is C7H13NO4S. The van der Waals surface area contributed by atoms with Gasteiger partial charge in [0.05, 0.1) is 6.10 Å². The van der Waals surface area contributed by atoms with E-state index in [1.165, 1.54) is 6.26 Å². The minimum atomic E-state index is -1.25. The van der Waals surface area contributed by atoms with Crippen molar-refractivity contribution in [3.05, 3.63) is 10.1 Å². The van der Waals surface area contributed by atoms with Gasteiger partial charge in [-0.25, -0.2) is 4.21 Å². The number of hydrogen-bond acceptors (Lipinski definition) is 4. The first-order chi connectivity index (χ1) is 6.09. The Morgan fingerprint density at radius 2 is 1.92 bits per heavy atom. The molecule has 0 bridgehead atoms. The third kappa shape index (κ3) is 3.40. The lowest BCUT2D eigenvalue weighted by molar-refractivity contribution is -0.527. The number of nitro groups is 1. The third-order valence-electron chi connectivity index (χ3n) is 2.21. The summed E-state index contributed by atoms with van der Waals surface area (Å²) in [4.78, 5) is 10.2. The molecule has 1 saturated carbocycles. The Kier molecular flexibility index (Phi) is 3.80. The number of hydrogen-bond donors (Lipinski definition) is 0. The maximum absolute atomic E-state index is 10.7. The summed E-state index contributed by atoms with van der Waals surface area (Å²) in [6, 6.07) is -0.426. The van der Waals surface area contributed by atoms with E-state index in [0.717, 1.165) is 0 Å². The van der Waals surface area contributed by atoms with Crippen LogP contribution in [0.15, 0.2) is 0 Å². The van der Waals surface area contributed by atoms with Crippen LogP contribution >= 0.6 is 0 Å². The monoisotopic (exact) mass is 207 g/mol. The maximum Gasteiger partial charge on any atom is 0.213 e. The van der Waals surface area contributed by atoms with E-state index in [-0.39, 0.29) is 11.0 Å². The SMILES string of the molecule is CS(=O)OC1CCC([N+](=O)[O-])CC1. The van der Waals surface area contributed by atoms with Gasteiger partial charge in [-0.15, -0.1) is 0 Å². The molecule has 0 saturated heterocycles. The zero-order chi connectivity index (χ0) is 9.84. The molecule has 1 atom stereocenters. The highest BCUT2D eigenvalue weighted by Gasteiger charge is 2.29. The Hall–Kier alpha value is -0.490. The summed E-state index contributed by atoms with van der Waals surface area (Å²) < 4.78 is 15.8. The van der Waals surface area contributed by atoms with E-state index in [1.54, 1.807) is 0 Å². The fraction of sp³-hybridized carbons (Fsp3) is 1.00. The molecule has 6 heteroatoms. The average Bonchev–Trinajstić information content (AvgIpc) is 2.04. The van der Waals surface area contributed by atoms with Crippen LogP contribution in [0.4, 0.5) is 0 Å². The topological polar surface area (TPSA) is 69.4 Å². The molecule has 5 nitrogen and oxygen atoms in total. The lowest BCUT2D eigenvalue weighted by Gasteiger charge is -2.22. The average molecular weight is 207 g/mol. The number of rotatable bonds is 3. The molecule has 0 heterocycles. The van der Waals surface area contributed by atoms with Crippen molar-refractivity contribution in [1.29, 1.82) is 0 Å². The highest BCUT2D eigenvalue weighted by molar-refractivity contribution is 7.79. The highest BCUT2D eigenvalue weighted by Crippen LogP contribution is 2.23. The van der Waals surface area contributed by atoms with Gasteiger partial charge in [0.25, 0.3) is 0 Å². The van der Waals surface area contributed by atoms with E-state index in [4.69, 9.17) is 4.18 Å². The van der Waals surface area contributed by atoms with Crippen LogP contribution in [-0.4, -0.2) is 27.5 Å². The van der Waals surface area contributed by atoms with E-state index in [9.17, 15) is 14.3 Å². The molecule has 0 radical (unpaired) electrons. The normalized spacial score (nSPS) is 31.2. The molecule has 1 fully saturated rings. The Morgan fingerprint density at radius 3 is 2.31 bits per heavy atom. The molecule has 1 aliphatic rings. The van der Waals surface area contributed by atoms with E-state index in [0.29, 0.717) is 25.7 Å². The molecule has 1 aliphatic carbocycles. The van der Waals surface area contributed by atoms with Crippen LogP contribution in [0.3, 0.4) is 0 Å². The fourth-order valence-corrected chi connectivity index (χ4v) is 2.12. The maximum atomic E-state index is 10.7. The van der Waals surface area contributed by atoms with Gasteiger partial charge in [0.1, 0.15) is 0 Å². The quantitative estimate of drug-likeness (QED) is 0.509. The summed E-state index contributed by atoms with van der Waals surface area (Å²) in [5.74, 6) is 0. The molecule has 0 aromatic carbocycles. The highest BCUT2D eigenvalue weighted by atomic mass is 32.2. The molecule has 1 unspecified atom stereocenters. The van der Waals surface area contributed by atoms with Crippen LogP contribution in [-0.2, 0) is 15.3 Å². The van der Waals surface area contributed by atoms with E-state index < -0.39 is 17.1 Å². The number of nitrogens with zero attached hydrogens (tertiary/aromatic N) is 1. The Morgan fingerprint density at radius 1 is 1.38 bits per heavy atom. The summed E-state index contributed by atoms with van der Waals surface area (Å²) in [5.41, 5.74) is 0. The van der Waals surface area contributed by atoms with Crippen LogP contribution in [0.2, 0.25) is 0 Å². The van der Waals surface area contributed by atoms with Crippen molar-refractivity contribution in [3.63, 3.8) is 0 Å². The van der Waals surface area contributed by atoms with E-state index in [2.05, 4.69) is 0 Å². The second kappa shape index (κ2) is 4.66. The zero-order valence-electron chi connectivity index (χ0n) is 7.47. The van der Waals surface area contributed by atoms with Crippen molar-refractivity contribution in [2.75, 3.05) is 6.26 Å². The van der Waals surface area contributed by atoms with Crippen molar-refractivity contribution in [2.45, 2.75) is 37.8 Å². The van der Waals surface area contributed by atoms with Crippen molar-refractivity contribution in [3.8, 4) is 0 Å². The molecule has 13 heavy (non-hydrogen) atoms. The van der Waals surface area contributed by atoms with Crippen LogP contribution in [0.1, 0.15) is 25.7 Å². The standard InChI is InChI=1S/C7H13NO4S/c1-13(11)12-7-4-2-6(3-5-7)8(9)10/h6-7H,2-5H2,1H3. The van der Waals surface area contributed by atoms with Gasteiger partial charge in [-0.3, -0.25) is 14.3 Å². The van der Waals surface area contributed by atoms with Gasteiger partial charge in [0.2, 0.25) is 6.04 Å². The molecule has 0 spiro atoms. The Bertz CT molecular complexity index is 213. The summed E-state index contributed by atoms with van der Waals surface area (Å²) >= 11 is -1.25. The van der Waals surface area contributed by atoms with Crippen molar-refractivity contribution in [2.24, 2.45) is 0 Å². The molecule has 0 N–H and O–H groups in total. The summed E-state index contributed by atoms with van der Waals surface area (Å²) in [6.45, 7) is 0. The minimum absolute atomic E-state index is 0.0537. The molecular weight excluding hydrogens is 194 g/mol.